The summed E-state index contributed by atoms with van der Waals surface area (Å²) in [5.41, 5.74) is 1.08. The van der Waals surface area contributed by atoms with E-state index in [0.29, 0.717) is 29.8 Å². The van der Waals surface area contributed by atoms with E-state index in [1.807, 2.05) is 6.92 Å². The molecule has 2 amide bonds. The second kappa shape index (κ2) is 6.36. The molecule has 25 heavy (non-hydrogen) atoms. The van der Waals surface area contributed by atoms with Crippen LogP contribution in [0.4, 0.5) is 15.8 Å². The Labute approximate surface area is 144 Å². The second-order valence-corrected chi connectivity index (χ2v) is 6.14. The van der Waals surface area contributed by atoms with Gasteiger partial charge in [-0.15, -0.1) is 0 Å². The van der Waals surface area contributed by atoms with Crippen molar-refractivity contribution in [2.24, 2.45) is 5.41 Å². The minimum Gasteiger partial charge on any atom is -0.325 e. The van der Waals surface area contributed by atoms with Crippen molar-refractivity contribution in [1.29, 1.82) is 5.26 Å². The summed E-state index contributed by atoms with van der Waals surface area (Å²) >= 11 is 0. The van der Waals surface area contributed by atoms with Crippen molar-refractivity contribution in [3.05, 3.63) is 59.4 Å². The van der Waals surface area contributed by atoms with Gasteiger partial charge in [-0.2, -0.15) is 5.26 Å². The van der Waals surface area contributed by atoms with Gasteiger partial charge in [-0.3, -0.25) is 9.59 Å². The number of hydrogen-bond donors (Lipinski definition) is 2. The average Bonchev–Trinajstić information content (AvgIpc) is 3.40. The molecule has 0 heterocycles. The molecule has 6 heteroatoms. The number of benzene rings is 2. The highest BCUT2D eigenvalue weighted by Gasteiger charge is 2.56. The van der Waals surface area contributed by atoms with Crippen molar-refractivity contribution < 1.29 is 14.0 Å². The molecule has 3 rings (SSSR count). The molecule has 2 aromatic rings. The van der Waals surface area contributed by atoms with Crippen LogP contribution >= 0.6 is 0 Å². The molecule has 0 spiro atoms. The molecule has 0 aromatic heterocycles. The lowest BCUT2D eigenvalue weighted by Gasteiger charge is -2.16. The third-order valence-corrected chi connectivity index (χ3v) is 4.34. The predicted octanol–water partition coefficient (Wildman–Crippen LogP) is 3.36. The van der Waals surface area contributed by atoms with E-state index in [-0.39, 0.29) is 0 Å². The molecular weight excluding hydrogens is 321 g/mol. The highest BCUT2D eigenvalue weighted by atomic mass is 19.1. The molecule has 0 radical (unpaired) electrons. The highest BCUT2D eigenvalue weighted by Crippen LogP contribution is 2.47. The number of aryl methyl sites for hydroxylation is 1. The smallest absolute Gasteiger partial charge is 0.240 e. The summed E-state index contributed by atoms with van der Waals surface area (Å²) in [5, 5.41) is 14.4. The van der Waals surface area contributed by atoms with Crippen LogP contribution in [0.2, 0.25) is 0 Å². The Hall–Kier alpha value is -3.20. The molecule has 5 nitrogen and oxygen atoms in total. The third kappa shape index (κ3) is 3.36. The maximum atomic E-state index is 12.9. The number of nitrogens with one attached hydrogen (secondary N) is 2. The van der Waals surface area contributed by atoms with E-state index in [0.717, 1.165) is 5.56 Å². The Morgan fingerprint density at radius 1 is 1.04 bits per heavy atom. The van der Waals surface area contributed by atoms with Gasteiger partial charge in [-0.25, -0.2) is 4.39 Å². The van der Waals surface area contributed by atoms with Gasteiger partial charge in [0.05, 0.1) is 11.6 Å². The zero-order valence-electron chi connectivity index (χ0n) is 13.6. The van der Waals surface area contributed by atoms with Gasteiger partial charge in [0.25, 0.3) is 0 Å². The van der Waals surface area contributed by atoms with Crippen LogP contribution in [0.1, 0.15) is 24.0 Å². The number of amides is 2. The van der Waals surface area contributed by atoms with Crippen LogP contribution < -0.4 is 10.6 Å². The van der Waals surface area contributed by atoms with Crippen molar-refractivity contribution in [2.45, 2.75) is 19.8 Å². The fourth-order valence-corrected chi connectivity index (χ4v) is 2.54. The zero-order valence-corrected chi connectivity index (χ0v) is 13.6. The fraction of sp³-hybridized carbons (Fsp3) is 0.211. The van der Waals surface area contributed by atoms with Crippen molar-refractivity contribution >= 4 is 23.2 Å². The van der Waals surface area contributed by atoms with E-state index in [4.69, 9.17) is 5.26 Å². The van der Waals surface area contributed by atoms with Crippen LogP contribution in [0.15, 0.2) is 42.5 Å². The lowest BCUT2D eigenvalue weighted by Crippen LogP contribution is -2.35. The van der Waals surface area contributed by atoms with Gasteiger partial charge in [-0.05, 0) is 61.7 Å². The summed E-state index contributed by atoms with van der Waals surface area (Å²) in [6.45, 7) is 1.81. The molecule has 2 N–H and O–H groups in total. The average molecular weight is 337 g/mol. The van der Waals surface area contributed by atoms with Crippen molar-refractivity contribution in [1.82, 2.24) is 0 Å². The SMILES string of the molecule is Cc1ccc(NC(=O)C2(C(=O)Nc3ccc(F)cc3)CC2)cc1C#N. The van der Waals surface area contributed by atoms with Crippen molar-refractivity contribution in [2.75, 3.05) is 10.6 Å². The van der Waals surface area contributed by atoms with Crippen LogP contribution in [0.3, 0.4) is 0 Å². The molecule has 1 aliphatic rings. The van der Waals surface area contributed by atoms with E-state index in [1.54, 1.807) is 18.2 Å². The van der Waals surface area contributed by atoms with E-state index in [2.05, 4.69) is 16.7 Å². The summed E-state index contributed by atoms with van der Waals surface area (Å²) < 4.78 is 12.9. The topological polar surface area (TPSA) is 82.0 Å². The van der Waals surface area contributed by atoms with Crippen LogP contribution in [0.5, 0.6) is 0 Å². The normalized spacial score (nSPS) is 14.3. The number of nitriles is 1. The Kier molecular flexibility index (Phi) is 4.24. The molecule has 0 bridgehead atoms. The first kappa shape index (κ1) is 16.7. The fourth-order valence-electron chi connectivity index (χ4n) is 2.54. The molecule has 1 aliphatic carbocycles. The molecule has 1 fully saturated rings. The van der Waals surface area contributed by atoms with Gasteiger partial charge < -0.3 is 10.6 Å². The van der Waals surface area contributed by atoms with Crippen LogP contribution in [0.25, 0.3) is 0 Å². The summed E-state index contributed by atoms with van der Waals surface area (Å²) in [7, 11) is 0. The summed E-state index contributed by atoms with van der Waals surface area (Å²) in [4.78, 5) is 25.0. The number of halogens is 1. The molecule has 126 valence electrons. The minimum atomic E-state index is -1.12. The monoisotopic (exact) mass is 337 g/mol. The molecule has 2 aromatic carbocycles. The number of anilines is 2. The summed E-state index contributed by atoms with van der Waals surface area (Å²) in [5.74, 6) is -1.21. The summed E-state index contributed by atoms with van der Waals surface area (Å²) in [6.07, 6.45) is 0.895. The predicted molar refractivity (Wildman–Crippen MR) is 91.2 cm³/mol. The number of nitrogens with zero attached hydrogens (tertiary/aromatic N) is 1. The maximum absolute atomic E-state index is 12.9. The van der Waals surface area contributed by atoms with E-state index in [9.17, 15) is 14.0 Å². The third-order valence-electron chi connectivity index (χ3n) is 4.34. The largest absolute Gasteiger partial charge is 0.325 e. The lowest BCUT2D eigenvalue weighted by molar-refractivity contribution is -0.131. The first-order valence-electron chi connectivity index (χ1n) is 7.84. The molecular formula is C19H16FN3O2. The van der Waals surface area contributed by atoms with Gasteiger partial charge >= 0.3 is 0 Å². The Balaban J connectivity index is 1.72. The number of carbonyl (C=O) groups is 2. The Morgan fingerprint density at radius 2 is 1.60 bits per heavy atom. The van der Waals surface area contributed by atoms with Gasteiger partial charge in [0.1, 0.15) is 11.2 Å². The highest BCUT2D eigenvalue weighted by molar-refractivity contribution is 6.16. The van der Waals surface area contributed by atoms with Crippen molar-refractivity contribution in [3.8, 4) is 6.07 Å². The van der Waals surface area contributed by atoms with Gasteiger partial charge in [-0.1, -0.05) is 6.07 Å². The molecule has 0 saturated heterocycles. The van der Waals surface area contributed by atoms with E-state index in [1.165, 1.54) is 24.3 Å². The molecule has 0 unspecified atom stereocenters. The standard InChI is InChI=1S/C19H16FN3O2/c1-12-2-5-16(10-13(12)11-21)23-18(25)19(8-9-19)17(24)22-15-6-3-14(20)4-7-15/h2-7,10H,8-9H2,1H3,(H,22,24)(H,23,25). The maximum Gasteiger partial charge on any atom is 0.240 e. The van der Waals surface area contributed by atoms with Gasteiger partial charge in [0.2, 0.25) is 11.8 Å². The minimum absolute atomic E-state index is 0.399. The Morgan fingerprint density at radius 3 is 2.16 bits per heavy atom. The van der Waals surface area contributed by atoms with E-state index >= 15 is 0 Å². The first-order valence-corrected chi connectivity index (χ1v) is 7.84. The molecule has 1 saturated carbocycles. The van der Waals surface area contributed by atoms with Gasteiger partial charge in [0, 0.05) is 11.4 Å². The lowest BCUT2D eigenvalue weighted by atomic mass is 10.0. The first-order chi connectivity index (χ1) is 11.9. The van der Waals surface area contributed by atoms with Crippen LogP contribution in [-0.4, -0.2) is 11.8 Å². The molecule has 0 aliphatic heterocycles. The zero-order chi connectivity index (χ0) is 18.0. The van der Waals surface area contributed by atoms with Crippen LogP contribution in [0, 0.1) is 29.5 Å². The van der Waals surface area contributed by atoms with E-state index < -0.39 is 23.0 Å². The quantitative estimate of drug-likeness (QED) is 0.839. The molecule has 0 atom stereocenters. The van der Waals surface area contributed by atoms with Gasteiger partial charge in [0.15, 0.2) is 0 Å². The second-order valence-electron chi connectivity index (χ2n) is 6.14. The number of hydrogen-bond acceptors (Lipinski definition) is 3. The van der Waals surface area contributed by atoms with Crippen molar-refractivity contribution in [3.63, 3.8) is 0 Å². The number of carbonyl (C=O) groups excluding carboxylic acids is 2. The Bertz CT molecular complexity index is 881. The summed E-state index contributed by atoms with van der Waals surface area (Å²) in [6, 6.07) is 12.5. The number of rotatable bonds is 4. The van der Waals surface area contributed by atoms with Crippen LogP contribution in [-0.2, 0) is 9.59 Å².